The molecule has 0 saturated carbocycles. The van der Waals surface area contributed by atoms with Gasteiger partial charge in [-0.3, -0.25) is 19.1 Å². The molecule has 0 bridgehead atoms. The number of ether oxygens (including phenoxy) is 3. The van der Waals surface area contributed by atoms with Gasteiger partial charge >= 0.3 is 17.6 Å². The van der Waals surface area contributed by atoms with Crippen molar-refractivity contribution in [1.82, 2.24) is 9.55 Å². The summed E-state index contributed by atoms with van der Waals surface area (Å²) in [6, 6.07) is 9.69. The number of rotatable bonds is 5. The highest BCUT2D eigenvalue weighted by Crippen LogP contribution is 2.37. The van der Waals surface area contributed by atoms with E-state index in [1.165, 1.54) is 19.2 Å². The maximum Gasteiger partial charge on any atom is 0.338 e. The van der Waals surface area contributed by atoms with Crippen molar-refractivity contribution in [1.29, 1.82) is 0 Å². The Morgan fingerprint density at radius 3 is 2.48 bits per heavy atom. The number of hydrogen-bond acceptors (Lipinski definition) is 7. The van der Waals surface area contributed by atoms with Crippen LogP contribution in [0.2, 0.25) is 0 Å². The molecule has 1 N–H and O–H groups in total. The van der Waals surface area contributed by atoms with Crippen LogP contribution in [0, 0.1) is 5.92 Å². The molecule has 5 atom stereocenters. The number of aromatic amines is 1. The minimum Gasteiger partial charge on any atom is -0.457 e. The summed E-state index contributed by atoms with van der Waals surface area (Å²) in [6.45, 7) is 4.71. The third kappa shape index (κ3) is 4.45. The first-order valence-electron chi connectivity index (χ1n) is 9.18. The number of nitrogens with one attached hydrogen (secondary N) is 1. The molecule has 9 nitrogen and oxygen atoms in total. The Morgan fingerprint density at radius 1 is 1.17 bits per heavy atom. The van der Waals surface area contributed by atoms with Gasteiger partial charge in [-0.05, 0) is 19.1 Å². The third-order valence-electron chi connectivity index (χ3n) is 4.81. The van der Waals surface area contributed by atoms with Gasteiger partial charge in [-0.15, -0.1) is 0 Å². The van der Waals surface area contributed by atoms with E-state index in [0.29, 0.717) is 5.56 Å². The molecule has 9 heteroatoms. The van der Waals surface area contributed by atoms with Gasteiger partial charge in [0.1, 0.15) is 12.2 Å². The molecule has 1 fully saturated rings. The first-order valence-corrected chi connectivity index (χ1v) is 9.18. The standard InChI is InChI=1S/C20H22N2O7/c1-11-16(12(2)27-19(25)14-7-5-4-6-8-14)29-18(17(11)28-13(3)23)22-10-9-15(24)21-20(22)26/h4-12,16-18H,1-3H3,(H,21,24,26)/t11-,12-,16?,17-,18-/m1/s1. The molecule has 2 heterocycles. The number of carbonyl (C=O) groups excluding carboxylic acids is 2. The molecule has 3 rings (SSSR count). The van der Waals surface area contributed by atoms with Crippen LogP contribution in [0.15, 0.2) is 52.2 Å². The summed E-state index contributed by atoms with van der Waals surface area (Å²) in [5.41, 5.74) is -0.848. The van der Waals surface area contributed by atoms with Gasteiger partial charge in [0.2, 0.25) is 0 Å². The average Bonchev–Trinajstić information content (AvgIpc) is 2.98. The highest BCUT2D eigenvalue weighted by molar-refractivity contribution is 5.89. The van der Waals surface area contributed by atoms with Crippen LogP contribution in [-0.4, -0.2) is 39.8 Å². The van der Waals surface area contributed by atoms with Gasteiger partial charge in [-0.1, -0.05) is 25.1 Å². The fraction of sp³-hybridized carbons (Fsp3) is 0.400. The summed E-state index contributed by atoms with van der Waals surface area (Å²) in [7, 11) is 0. The van der Waals surface area contributed by atoms with Crippen molar-refractivity contribution in [3.05, 3.63) is 69.0 Å². The van der Waals surface area contributed by atoms with Crippen LogP contribution >= 0.6 is 0 Å². The molecule has 1 aliphatic rings. The molecule has 1 unspecified atom stereocenters. The van der Waals surface area contributed by atoms with Gasteiger partial charge in [-0.2, -0.15) is 0 Å². The number of hydrogen-bond donors (Lipinski definition) is 1. The van der Waals surface area contributed by atoms with Crippen LogP contribution in [0.1, 0.15) is 37.4 Å². The van der Waals surface area contributed by atoms with E-state index < -0.39 is 47.7 Å². The van der Waals surface area contributed by atoms with E-state index in [-0.39, 0.29) is 5.92 Å². The molecular weight excluding hydrogens is 380 g/mol. The zero-order valence-electron chi connectivity index (χ0n) is 16.2. The molecule has 1 aromatic carbocycles. The summed E-state index contributed by atoms with van der Waals surface area (Å²) in [6.07, 6.45) is -1.83. The number of nitrogens with zero attached hydrogens (tertiary/aromatic N) is 1. The lowest BCUT2D eigenvalue weighted by Crippen LogP contribution is -2.37. The van der Waals surface area contributed by atoms with Gasteiger partial charge in [-0.25, -0.2) is 9.59 Å². The zero-order valence-corrected chi connectivity index (χ0v) is 16.2. The molecule has 0 radical (unpaired) electrons. The van der Waals surface area contributed by atoms with Gasteiger partial charge in [0.05, 0.1) is 5.56 Å². The lowest BCUT2D eigenvalue weighted by Gasteiger charge is -2.23. The van der Waals surface area contributed by atoms with Crippen LogP contribution in [0.4, 0.5) is 0 Å². The molecule has 2 aromatic rings. The molecule has 1 aliphatic heterocycles. The summed E-state index contributed by atoms with van der Waals surface area (Å²) in [5.74, 6) is -1.44. The van der Waals surface area contributed by atoms with Crippen LogP contribution in [-0.2, 0) is 19.0 Å². The summed E-state index contributed by atoms with van der Waals surface area (Å²) in [5, 5.41) is 0. The second-order valence-corrected chi connectivity index (χ2v) is 6.92. The topological polar surface area (TPSA) is 117 Å². The second-order valence-electron chi connectivity index (χ2n) is 6.92. The maximum atomic E-state index is 12.4. The molecule has 0 amide bonds. The highest BCUT2D eigenvalue weighted by Gasteiger charge is 2.48. The quantitative estimate of drug-likeness (QED) is 0.748. The Balaban J connectivity index is 1.84. The van der Waals surface area contributed by atoms with E-state index in [1.54, 1.807) is 44.2 Å². The Labute approximate surface area is 166 Å². The predicted molar refractivity (Wildman–Crippen MR) is 101 cm³/mol. The lowest BCUT2D eigenvalue weighted by atomic mass is 9.96. The fourth-order valence-electron chi connectivity index (χ4n) is 3.43. The maximum absolute atomic E-state index is 12.4. The monoisotopic (exact) mass is 402 g/mol. The molecular formula is C20H22N2O7. The van der Waals surface area contributed by atoms with E-state index in [4.69, 9.17) is 14.2 Å². The summed E-state index contributed by atoms with van der Waals surface area (Å²) < 4.78 is 18.0. The van der Waals surface area contributed by atoms with Crippen LogP contribution in [0.5, 0.6) is 0 Å². The van der Waals surface area contributed by atoms with E-state index in [0.717, 1.165) is 4.57 Å². The summed E-state index contributed by atoms with van der Waals surface area (Å²) >= 11 is 0. The smallest absolute Gasteiger partial charge is 0.338 e. The number of aromatic nitrogens is 2. The van der Waals surface area contributed by atoms with Crippen molar-refractivity contribution in [2.45, 2.75) is 45.3 Å². The minimum atomic E-state index is -0.971. The van der Waals surface area contributed by atoms with Crippen molar-refractivity contribution in [3.8, 4) is 0 Å². The highest BCUT2D eigenvalue weighted by atomic mass is 16.6. The summed E-state index contributed by atoms with van der Waals surface area (Å²) in [4.78, 5) is 49.7. The van der Waals surface area contributed by atoms with Gasteiger partial charge in [0.15, 0.2) is 12.3 Å². The largest absolute Gasteiger partial charge is 0.457 e. The molecule has 154 valence electrons. The Bertz CT molecular complexity index is 998. The molecule has 29 heavy (non-hydrogen) atoms. The lowest BCUT2D eigenvalue weighted by molar-refractivity contribution is -0.154. The van der Waals surface area contributed by atoms with Crippen molar-refractivity contribution in [3.63, 3.8) is 0 Å². The third-order valence-corrected chi connectivity index (χ3v) is 4.81. The average molecular weight is 402 g/mol. The first-order chi connectivity index (χ1) is 13.8. The van der Waals surface area contributed by atoms with Crippen LogP contribution in [0.25, 0.3) is 0 Å². The number of benzene rings is 1. The van der Waals surface area contributed by atoms with Gasteiger partial charge in [0.25, 0.3) is 5.56 Å². The first kappa shape index (κ1) is 20.5. The molecule has 1 saturated heterocycles. The SMILES string of the molecule is CC(=O)O[C@@H]1[C@H](C)C([C@@H](C)OC(=O)c2ccccc2)O[C@H]1n1ccc(=O)[nH]c1=O. The van der Waals surface area contributed by atoms with Gasteiger partial charge in [0, 0.05) is 25.1 Å². The van der Waals surface area contributed by atoms with E-state index in [1.807, 2.05) is 0 Å². The molecule has 0 spiro atoms. The van der Waals surface area contributed by atoms with Crippen LogP contribution in [0.3, 0.4) is 0 Å². The van der Waals surface area contributed by atoms with E-state index in [9.17, 15) is 19.2 Å². The minimum absolute atomic E-state index is 0.388. The number of esters is 2. The molecule has 1 aromatic heterocycles. The number of carbonyl (C=O) groups is 2. The Hall–Kier alpha value is -3.20. The second kappa shape index (κ2) is 8.44. The molecule has 0 aliphatic carbocycles. The van der Waals surface area contributed by atoms with Crippen molar-refractivity contribution in [2.75, 3.05) is 0 Å². The zero-order chi connectivity index (χ0) is 21.1. The fourth-order valence-corrected chi connectivity index (χ4v) is 3.43. The van der Waals surface area contributed by atoms with Crippen molar-refractivity contribution in [2.24, 2.45) is 5.92 Å². The van der Waals surface area contributed by atoms with Crippen molar-refractivity contribution < 1.29 is 23.8 Å². The Morgan fingerprint density at radius 2 is 1.86 bits per heavy atom. The predicted octanol–water partition coefficient (Wildman–Crippen LogP) is 1.25. The Kier molecular flexibility index (Phi) is 5.97. The van der Waals surface area contributed by atoms with Gasteiger partial charge < -0.3 is 14.2 Å². The van der Waals surface area contributed by atoms with E-state index >= 15 is 0 Å². The normalized spacial score (nSPS) is 24.7. The van der Waals surface area contributed by atoms with Crippen LogP contribution < -0.4 is 11.2 Å². The number of H-pyrrole nitrogens is 1. The van der Waals surface area contributed by atoms with E-state index in [2.05, 4.69) is 4.98 Å². The van der Waals surface area contributed by atoms with Crippen molar-refractivity contribution >= 4 is 11.9 Å².